The highest BCUT2D eigenvalue weighted by atomic mass is 15.1. The molecule has 26 heavy (non-hydrogen) atoms. The monoisotopic (exact) mass is 344 g/mol. The largest absolute Gasteiger partial charge is 0.385 e. The van der Waals surface area contributed by atoms with Crippen molar-refractivity contribution in [1.82, 2.24) is 15.2 Å². The summed E-state index contributed by atoms with van der Waals surface area (Å²) in [6.07, 6.45) is 6.93. The maximum Gasteiger partial charge on any atom is 0.116 e. The van der Waals surface area contributed by atoms with Gasteiger partial charge in [-0.2, -0.15) is 5.10 Å². The van der Waals surface area contributed by atoms with Crippen LogP contribution < -0.4 is 5.32 Å². The SMILES string of the molecule is c1ccc2c(-c3cc4ccc(NCC5CCCCC5)cc4[nH]3)n[nH]c2c1. The average Bonchev–Trinajstić information content (AvgIpc) is 3.30. The van der Waals surface area contributed by atoms with Crippen LogP contribution in [0.3, 0.4) is 0 Å². The number of rotatable bonds is 4. The number of nitrogens with one attached hydrogen (secondary N) is 3. The zero-order valence-electron chi connectivity index (χ0n) is 14.9. The van der Waals surface area contributed by atoms with Gasteiger partial charge >= 0.3 is 0 Å². The molecule has 0 amide bonds. The Bertz CT molecular complexity index is 1040. The lowest BCUT2D eigenvalue weighted by atomic mass is 9.89. The van der Waals surface area contributed by atoms with Crippen molar-refractivity contribution in [3.05, 3.63) is 48.5 Å². The van der Waals surface area contributed by atoms with Crippen LogP contribution >= 0.6 is 0 Å². The van der Waals surface area contributed by atoms with Crippen molar-refractivity contribution in [2.24, 2.45) is 5.92 Å². The second-order valence-electron chi connectivity index (χ2n) is 7.49. The number of para-hydroxylation sites is 1. The van der Waals surface area contributed by atoms with Crippen LogP contribution in [-0.4, -0.2) is 21.7 Å². The first-order valence-corrected chi connectivity index (χ1v) is 9.67. The summed E-state index contributed by atoms with van der Waals surface area (Å²) in [6, 6.07) is 17.0. The normalized spacial score (nSPS) is 15.7. The fourth-order valence-electron chi connectivity index (χ4n) is 4.19. The standard InChI is InChI=1S/C22H24N4/c1-2-6-15(7-3-1)14-23-17-11-10-16-12-21(24-20(16)13-17)22-18-8-4-5-9-19(18)25-26-22/h4-5,8-13,15,23-24H,1-3,6-7,14H2,(H,25,26). The van der Waals surface area contributed by atoms with E-state index >= 15 is 0 Å². The minimum atomic E-state index is 0.828. The fraction of sp³-hybridized carbons (Fsp3) is 0.318. The molecule has 132 valence electrons. The number of benzene rings is 2. The predicted octanol–water partition coefficient (Wildman–Crippen LogP) is 5.70. The minimum absolute atomic E-state index is 0.828. The first kappa shape index (κ1) is 15.5. The Kier molecular flexibility index (Phi) is 3.89. The van der Waals surface area contributed by atoms with E-state index < -0.39 is 0 Å². The van der Waals surface area contributed by atoms with E-state index in [9.17, 15) is 0 Å². The van der Waals surface area contributed by atoms with Crippen LogP contribution in [0, 0.1) is 5.92 Å². The molecule has 4 heteroatoms. The van der Waals surface area contributed by atoms with Gasteiger partial charge in [-0.3, -0.25) is 5.10 Å². The Morgan fingerprint density at radius 3 is 2.77 bits per heavy atom. The molecule has 1 saturated carbocycles. The average molecular weight is 344 g/mol. The lowest BCUT2D eigenvalue weighted by Crippen LogP contribution is -2.16. The van der Waals surface area contributed by atoms with Gasteiger partial charge in [-0.1, -0.05) is 43.5 Å². The second kappa shape index (κ2) is 6.52. The Balaban J connectivity index is 1.41. The Morgan fingerprint density at radius 1 is 0.962 bits per heavy atom. The van der Waals surface area contributed by atoms with Gasteiger partial charge in [0.05, 0.1) is 11.2 Å². The van der Waals surface area contributed by atoms with E-state index in [4.69, 9.17) is 0 Å². The van der Waals surface area contributed by atoms with Gasteiger partial charge in [-0.15, -0.1) is 0 Å². The summed E-state index contributed by atoms with van der Waals surface area (Å²) in [6.45, 7) is 1.09. The highest BCUT2D eigenvalue weighted by Crippen LogP contribution is 2.30. The molecule has 1 aliphatic carbocycles. The number of hydrogen-bond donors (Lipinski definition) is 3. The molecule has 1 fully saturated rings. The number of aromatic nitrogens is 3. The van der Waals surface area contributed by atoms with Crippen molar-refractivity contribution >= 4 is 27.5 Å². The van der Waals surface area contributed by atoms with Crippen LogP contribution in [0.4, 0.5) is 5.69 Å². The summed E-state index contributed by atoms with van der Waals surface area (Å²) < 4.78 is 0. The second-order valence-corrected chi connectivity index (χ2v) is 7.49. The molecule has 2 heterocycles. The van der Waals surface area contributed by atoms with Crippen LogP contribution in [0.2, 0.25) is 0 Å². The predicted molar refractivity (Wildman–Crippen MR) is 108 cm³/mol. The van der Waals surface area contributed by atoms with E-state index in [-0.39, 0.29) is 0 Å². The molecular weight excluding hydrogens is 320 g/mol. The molecule has 5 rings (SSSR count). The van der Waals surface area contributed by atoms with Crippen molar-refractivity contribution in [2.45, 2.75) is 32.1 Å². The highest BCUT2D eigenvalue weighted by Gasteiger charge is 2.14. The van der Waals surface area contributed by atoms with Crippen molar-refractivity contribution in [3.63, 3.8) is 0 Å². The molecule has 0 atom stereocenters. The third-order valence-electron chi connectivity index (χ3n) is 5.67. The Morgan fingerprint density at radius 2 is 1.85 bits per heavy atom. The van der Waals surface area contributed by atoms with E-state index in [2.05, 4.69) is 63.0 Å². The van der Waals surface area contributed by atoms with Gasteiger partial charge in [-0.25, -0.2) is 0 Å². The smallest absolute Gasteiger partial charge is 0.116 e. The van der Waals surface area contributed by atoms with Crippen molar-refractivity contribution in [1.29, 1.82) is 0 Å². The van der Waals surface area contributed by atoms with Gasteiger partial charge in [0.25, 0.3) is 0 Å². The molecule has 4 aromatic rings. The third-order valence-corrected chi connectivity index (χ3v) is 5.67. The molecule has 0 bridgehead atoms. The summed E-state index contributed by atoms with van der Waals surface area (Å²) >= 11 is 0. The van der Waals surface area contributed by atoms with E-state index in [0.717, 1.165) is 40.3 Å². The molecule has 0 unspecified atom stereocenters. The van der Waals surface area contributed by atoms with Crippen molar-refractivity contribution in [3.8, 4) is 11.4 Å². The zero-order valence-corrected chi connectivity index (χ0v) is 14.9. The molecule has 3 N–H and O–H groups in total. The van der Waals surface area contributed by atoms with Gasteiger partial charge in [0, 0.05) is 28.5 Å². The number of nitrogens with zero attached hydrogens (tertiary/aromatic N) is 1. The molecule has 2 aromatic heterocycles. The van der Waals surface area contributed by atoms with Crippen LogP contribution in [0.25, 0.3) is 33.2 Å². The van der Waals surface area contributed by atoms with Crippen LogP contribution in [0.5, 0.6) is 0 Å². The molecule has 4 nitrogen and oxygen atoms in total. The maximum atomic E-state index is 4.51. The molecule has 0 saturated heterocycles. The summed E-state index contributed by atoms with van der Waals surface area (Å²) in [4.78, 5) is 3.55. The van der Waals surface area contributed by atoms with Gasteiger partial charge in [0.15, 0.2) is 0 Å². The Labute approximate surface area is 153 Å². The van der Waals surface area contributed by atoms with Crippen LogP contribution in [0.15, 0.2) is 48.5 Å². The third kappa shape index (κ3) is 2.85. The fourth-order valence-corrected chi connectivity index (χ4v) is 4.19. The molecule has 0 radical (unpaired) electrons. The summed E-state index contributed by atoms with van der Waals surface area (Å²) in [5, 5.41) is 13.6. The first-order chi connectivity index (χ1) is 12.9. The number of anilines is 1. The first-order valence-electron chi connectivity index (χ1n) is 9.67. The summed E-state index contributed by atoms with van der Waals surface area (Å²) in [5.41, 5.74) is 5.45. The molecule has 0 spiro atoms. The molecule has 2 aromatic carbocycles. The van der Waals surface area contributed by atoms with Crippen molar-refractivity contribution < 1.29 is 0 Å². The van der Waals surface area contributed by atoms with E-state index in [1.807, 2.05) is 6.07 Å². The van der Waals surface area contributed by atoms with E-state index in [1.54, 1.807) is 0 Å². The van der Waals surface area contributed by atoms with Crippen molar-refractivity contribution in [2.75, 3.05) is 11.9 Å². The van der Waals surface area contributed by atoms with Gasteiger partial charge in [-0.05, 0) is 43.0 Å². The number of H-pyrrole nitrogens is 2. The minimum Gasteiger partial charge on any atom is -0.385 e. The van der Waals surface area contributed by atoms with Gasteiger partial charge < -0.3 is 10.3 Å². The number of fused-ring (bicyclic) bond motifs is 2. The Hall–Kier alpha value is -2.75. The molecular formula is C22H24N4. The lowest BCUT2D eigenvalue weighted by Gasteiger charge is -2.22. The highest BCUT2D eigenvalue weighted by molar-refractivity contribution is 5.96. The van der Waals surface area contributed by atoms with Gasteiger partial charge in [0.2, 0.25) is 0 Å². The maximum absolute atomic E-state index is 4.51. The van der Waals surface area contributed by atoms with E-state index in [1.165, 1.54) is 43.2 Å². The topological polar surface area (TPSA) is 56.5 Å². The summed E-state index contributed by atoms with van der Waals surface area (Å²) in [5.74, 6) is 0.828. The molecule has 0 aliphatic heterocycles. The molecule has 1 aliphatic rings. The van der Waals surface area contributed by atoms with Crippen LogP contribution in [-0.2, 0) is 0 Å². The number of aromatic amines is 2. The summed E-state index contributed by atoms with van der Waals surface area (Å²) in [7, 11) is 0. The number of hydrogen-bond acceptors (Lipinski definition) is 2. The van der Waals surface area contributed by atoms with Crippen LogP contribution in [0.1, 0.15) is 32.1 Å². The van der Waals surface area contributed by atoms with Gasteiger partial charge in [0.1, 0.15) is 5.69 Å². The van der Waals surface area contributed by atoms with E-state index in [0.29, 0.717) is 0 Å². The lowest BCUT2D eigenvalue weighted by molar-refractivity contribution is 0.373. The quantitative estimate of drug-likeness (QED) is 0.444. The zero-order chi connectivity index (χ0) is 17.3.